The summed E-state index contributed by atoms with van der Waals surface area (Å²) in [4.78, 5) is 15.7. The van der Waals surface area contributed by atoms with Crippen molar-refractivity contribution >= 4 is 44.5 Å². The molecule has 1 atom stereocenters. The Bertz CT molecular complexity index is 1090. The Hall–Kier alpha value is -2.31. The number of rotatable bonds is 3. The summed E-state index contributed by atoms with van der Waals surface area (Å²) >= 11 is 7.22. The lowest BCUT2D eigenvalue weighted by Crippen LogP contribution is -2.42. The molecule has 12 heteroatoms. The average Bonchev–Trinajstić information content (AvgIpc) is 2.97. The molecule has 0 amide bonds. The molecule has 2 aromatic rings. The second-order valence-electron chi connectivity index (χ2n) is 6.18. The Morgan fingerprint density at radius 2 is 1.93 bits per heavy atom. The van der Waals surface area contributed by atoms with E-state index in [0.29, 0.717) is 16.5 Å². The van der Waals surface area contributed by atoms with Crippen molar-refractivity contribution in [1.82, 2.24) is 4.90 Å². The van der Waals surface area contributed by atoms with Gasteiger partial charge < -0.3 is 20.2 Å². The molecular weight excluding hydrogens is 454 g/mol. The minimum Gasteiger partial charge on any atom is -0.507 e. The Kier molecular flexibility index (Phi) is 7.37. The van der Waals surface area contributed by atoms with Crippen molar-refractivity contribution in [2.75, 3.05) is 19.8 Å². The van der Waals surface area contributed by atoms with E-state index in [2.05, 4.69) is 4.99 Å². The lowest BCUT2D eigenvalue weighted by atomic mass is 10.0. The Balaban J connectivity index is 0.000000269. The third-order valence-corrected chi connectivity index (χ3v) is 6.92. The summed E-state index contributed by atoms with van der Waals surface area (Å²) in [5, 5.41) is 33.9. The second-order valence-corrected chi connectivity index (χ2v) is 9.06. The van der Waals surface area contributed by atoms with Crippen LogP contribution in [0.2, 0.25) is 5.02 Å². The third-order valence-electron chi connectivity index (χ3n) is 4.27. The van der Waals surface area contributed by atoms with Crippen molar-refractivity contribution in [1.29, 1.82) is 0 Å². The van der Waals surface area contributed by atoms with Gasteiger partial charge >= 0.3 is 5.97 Å². The van der Waals surface area contributed by atoms with Gasteiger partial charge in [0, 0.05) is 19.7 Å². The van der Waals surface area contributed by atoms with Gasteiger partial charge in [-0.2, -0.15) is 0 Å². The number of halogens is 1. The predicted octanol–water partition coefficient (Wildman–Crippen LogP) is 1.89. The first-order chi connectivity index (χ1) is 13.9. The Labute approximate surface area is 182 Å². The zero-order valence-electron chi connectivity index (χ0n) is 16.0. The van der Waals surface area contributed by atoms with Gasteiger partial charge in [0.25, 0.3) is 0 Å². The molecule has 1 aliphatic heterocycles. The van der Waals surface area contributed by atoms with Gasteiger partial charge in [-0.25, -0.2) is 18.4 Å². The summed E-state index contributed by atoms with van der Waals surface area (Å²) in [5.41, 5.74) is -1.01. The number of amidine groups is 1. The van der Waals surface area contributed by atoms with Crippen molar-refractivity contribution in [3.8, 4) is 5.75 Å². The average molecular weight is 474 g/mol. The number of carboxylic acid groups (broad SMARTS) is 1. The fraction of sp³-hybridized carbons (Fsp3) is 0.222. The van der Waals surface area contributed by atoms with E-state index in [4.69, 9.17) is 27.0 Å². The summed E-state index contributed by atoms with van der Waals surface area (Å²) in [5.74, 6) is -0.977. The summed E-state index contributed by atoms with van der Waals surface area (Å²) < 4.78 is 23.0. The number of carboxylic acids is 1. The molecule has 9 nitrogen and oxygen atoms in total. The number of benzene rings is 2. The van der Waals surface area contributed by atoms with E-state index >= 15 is 0 Å². The number of sulfonamides is 1. The molecule has 3 rings (SSSR count). The van der Waals surface area contributed by atoms with Crippen LogP contribution in [0.4, 0.5) is 0 Å². The van der Waals surface area contributed by atoms with Gasteiger partial charge in [-0.05, 0) is 24.3 Å². The number of para-hydroxylation sites is 1. The van der Waals surface area contributed by atoms with Crippen LogP contribution in [-0.2, 0) is 15.7 Å². The molecular formula is C18H20ClN3O6S2. The quantitative estimate of drug-likeness (QED) is 0.527. The number of nitrogens with zero attached hydrogens (tertiary/aromatic N) is 2. The maximum absolute atomic E-state index is 11.5. The van der Waals surface area contributed by atoms with E-state index in [1.165, 1.54) is 36.0 Å². The molecule has 0 aliphatic carbocycles. The van der Waals surface area contributed by atoms with Crippen LogP contribution in [0.25, 0.3) is 0 Å². The molecule has 0 bridgehead atoms. The first kappa shape index (κ1) is 24.0. The first-order valence-corrected chi connectivity index (χ1v) is 11.2. The van der Waals surface area contributed by atoms with Crippen molar-refractivity contribution in [3.63, 3.8) is 0 Å². The lowest BCUT2D eigenvalue weighted by Gasteiger charge is -2.31. The van der Waals surface area contributed by atoms with Crippen LogP contribution in [0.5, 0.6) is 5.75 Å². The standard InChI is InChI=1S/C11H14ClN3O3S2.C7H6O3/c1-14-10-15(2)11(16,6-19-10)7-3-4-8(12)9(5-7)20(13,17)18;8-6-4-2-1-3-5(6)7(9)10/h3-5,16H,6H2,1-2H3,(H2,13,17,18);1-4,8H,(H,9,10). The zero-order valence-corrected chi connectivity index (χ0v) is 18.4. The highest BCUT2D eigenvalue weighted by Gasteiger charge is 2.42. The number of thioether (sulfide) groups is 1. The van der Waals surface area contributed by atoms with Gasteiger partial charge in [-0.1, -0.05) is 41.6 Å². The van der Waals surface area contributed by atoms with Crippen LogP contribution in [0.3, 0.4) is 0 Å². The van der Waals surface area contributed by atoms with Crippen LogP contribution in [-0.4, -0.2) is 59.6 Å². The smallest absolute Gasteiger partial charge is 0.339 e. The van der Waals surface area contributed by atoms with Crippen LogP contribution < -0.4 is 5.14 Å². The van der Waals surface area contributed by atoms with Gasteiger partial charge in [0.2, 0.25) is 10.0 Å². The summed E-state index contributed by atoms with van der Waals surface area (Å²) in [7, 11) is -0.632. The van der Waals surface area contributed by atoms with Crippen LogP contribution >= 0.6 is 23.4 Å². The van der Waals surface area contributed by atoms with E-state index in [1.54, 1.807) is 37.2 Å². The van der Waals surface area contributed by atoms with E-state index in [9.17, 15) is 18.3 Å². The number of nitrogens with two attached hydrogens (primary N) is 1. The van der Waals surface area contributed by atoms with Gasteiger partial charge in [0.1, 0.15) is 16.2 Å². The second kappa shape index (κ2) is 9.23. The van der Waals surface area contributed by atoms with Crippen molar-refractivity contribution in [3.05, 3.63) is 58.6 Å². The Morgan fingerprint density at radius 3 is 2.40 bits per heavy atom. The predicted molar refractivity (Wildman–Crippen MR) is 115 cm³/mol. The fourth-order valence-corrected chi connectivity index (χ4v) is 4.87. The first-order valence-electron chi connectivity index (χ1n) is 8.31. The van der Waals surface area contributed by atoms with E-state index in [0.717, 1.165) is 0 Å². The molecule has 5 N–H and O–H groups in total. The number of primary sulfonamides is 1. The molecule has 1 saturated heterocycles. The molecule has 0 saturated carbocycles. The zero-order chi connectivity index (χ0) is 22.7. The van der Waals surface area contributed by atoms with Gasteiger partial charge in [-0.15, -0.1) is 0 Å². The number of aliphatic hydroxyl groups is 1. The highest BCUT2D eigenvalue weighted by Crippen LogP contribution is 2.39. The molecule has 1 unspecified atom stereocenters. The molecule has 0 spiro atoms. The number of aromatic hydroxyl groups is 1. The molecule has 1 heterocycles. The number of hydrogen-bond donors (Lipinski definition) is 4. The maximum atomic E-state index is 11.5. The fourth-order valence-electron chi connectivity index (χ4n) is 2.63. The summed E-state index contributed by atoms with van der Waals surface area (Å²) in [6.07, 6.45) is 0. The van der Waals surface area contributed by atoms with E-state index in [-0.39, 0.29) is 21.2 Å². The van der Waals surface area contributed by atoms with E-state index < -0.39 is 21.7 Å². The molecule has 0 radical (unpaired) electrons. The van der Waals surface area contributed by atoms with Gasteiger partial charge in [0.05, 0.1) is 10.8 Å². The third kappa shape index (κ3) is 5.05. The molecule has 0 aromatic heterocycles. The monoisotopic (exact) mass is 473 g/mol. The lowest BCUT2D eigenvalue weighted by molar-refractivity contribution is -0.0349. The SMILES string of the molecule is CN=C1SCC(O)(c2ccc(Cl)c(S(N)(=O)=O)c2)N1C.O=C(O)c1ccccc1O. The summed E-state index contributed by atoms with van der Waals surface area (Å²) in [6, 6.07) is 10.1. The normalized spacial score (nSPS) is 20.0. The largest absolute Gasteiger partial charge is 0.507 e. The summed E-state index contributed by atoms with van der Waals surface area (Å²) in [6.45, 7) is 0. The van der Waals surface area contributed by atoms with Crippen molar-refractivity contribution in [2.24, 2.45) is 10.1 Å². The Morgan fingerprint density at radius 1 is 1.30 bits per heavy atom. The highest BCUT2D eigenvalue weighted by atomic mass is 35.5. The number of aliphatic imine (C=N–C) groups is 1. The minimum absolute atomic E-state index is 0.0255. The van der Waals surface area contributed by atoms with Crippen molar-refractivity contribution in [2.45, 2.75) is 10.6 Å². The van der Waals surface area contributed by atoms with Crippen LogP contribution in [0.15, 0.2) is 52.4 Å². The maximum Gasteiger partial charge on any atom is 0.339 e. The van der Waals surface area contributed by atoms with Crippen molar-refractivity contribution < 1.29 is 28.5 Å². The molecule has 30 heavy (non-hydrogen) atoms. The van der Waals surface area contributed by atoms with Crippen LogP contribution in [0, 0.1) is 0 Å². The number of phenols is 1. The number of aromatic carboxylic acids is 1. The van der Waals surface area contributed by atoms with Crippen LogP contribution in [0.1, 0.15) is 15.9 Å². The topological polar surface area (TPSA) is 154 Å². The van der Waals surface area contributed by atoms with Gasteiger partial charge in [-0.3, -0.25) is 4.99 Å². The van der Waals surface area contributed by atoms with Gasteiger partial charge in [0.15, 0.2) is 10.9 Å². The molecule has 1 fully saturated rings. The number of carbonyl (C=O) groups is 1. The number of hydrogen-bond acceptors (Lipinski definition) is 7. The molecule has 1 aliphatic rings. The highest BCUT2D eigenvalue weighted by molar-refractivity contribution is 8.14. The molecule has 2 aromatic carbocycles. The molecule has 162 valence electrons. The van der Waals surface area contributed by atoms with E-state index in [1.807, 2.05) is 0 Å². The minimum atomic E-state index is -3.95.